The minimum absolute atomic E-state index is 0.526. The minimum atomic E-state index is 0.526. The molecule has 1 fully saturated rings. The molecule has 1 rings (SSSR count). The molecule has 1 N–H and O–H groups in total. The average molecular weight is 200 g/mol. The van der Waals surface area contributed by atoms with Crippen molar-refractivity contribution in [1.82, 2.24) is 10.2 Å². The summed E-state index contributed by atoms with van der Waals surface area (Å²) in [5.74, 6) is 0.796. The summed E-state index contributed by atoms with van der Waals surface area (Å²) in [6.07, 6.45) is 1.26. The van der Waals surface area contributed by atoms with Crippen LogP contribution in [0.2, 0.25) is 0 Å². The Bertz CT molecular complexity index is 146. The van der Waals surface area contributed by atoms with Crippen LogP contribution in [0, 0.1) is 5.92 Å². The summed E-state index contributed by atoms with van der Waals surface area (Å²) in [5, 5.41) is 3.47. The molecule has 0 aromatic carbocycles. The van der Waals surface area contributed by atoms with E-state index in [-0.39, 0.29) is 0 Å². The van der Waals surface area contributed by atoms with Gasteiger partial charge < -0.3 is 15.0 Å². The third-order valence-corrected chi connectivity index (χ3v) is 2.85. The number of hydrogen-bond donors (Lipinski definition) is 1. The monoisotopic (exact) mass is 200 g/mol. The Balaban J connectivity index is 2.14. The number of rotatable bonds is 5. The molecule has 3 heteroatoms. The Morgan fingerprint density at radius 2 is 2.36 bits per heavy atom. The number of hydrogen-bond acceptors (Lipinski definition) is 3. The number of nitrogens with zero attached hydrogens (tertiary/aromatic N) is 1. The SMILES string of the molecule is CCC(C)CN(C)CC1COCCN1. The Morgan fingerprint density at radius 3 is 2.93 bits per heavy atom. The van der Waals surface area contributed by atoms with E-state index in [4.69, 9.17) is 4.74 Å². The maximum atomic E-state index is 5.43. The lowest BCUT2D eigenvalue weighted by Gasteiger charge is -2.29. The van der Waals surface area contributed by atoms with E-state index in [0.29, 0.717) is 6.04 Å². The molecule has 1 aliphatic heterocycles. The van der Waals surface area contributed by atoms with Crippen LogP contribution in [-0.4, -0.2) is 50.8 Å². The lowest BCUT2D eigenvalue weighted by atomic mass is 10.1. The molecular weight excluding hydrogens is 176 g/mol. The molecule has 1 aliphatic rings. The highest BCUT2D eigenvalue weighted by Crippen LogP contribution is 2.04. The van der Waals surface area contributed by atoms with Crippen LogP contribution in [0.3, 0.4) is 0 Å². The van der Waals surface area contributed by atoms with Crippen LogP contribution in [0.5, 0.6) is 0 Å². The highest BCUT2D eigenvalue weighted by atomic mass is 16.5. The second-order valence-corrected chi connectivity index (χ2v) is 4.46. The lowest BCUT2D eigenvalue weighted by Crippen LogP contribution is -2.48. The zero-order valence-corrected chi connectivity index (χ0v) is 9.75. The molecule has 2 unspecified atom stereocenters. The second-order valence-electron chi connectivity index (χ2n) is 4.46. The third kappa shape index (κ3) is 4.40. The molecule has 84 valence electrons. The van der Waals surface area contributed by atoms with Gasteiger partial charge in [0, 0.05) is 25.7 Å². The molecule has 0 bridgehead atoms. The van der Waals surface area contributed by atoms with Crippen molar-refractivity contribution in [2.24, 2.45) is 5.92 Å². The minimum Gasteiger partial charge on any atom is -0.378 e. The van der Waals surface area contributed by atoms with Gasteiger partial charge in [-0.15, -0.1) is 0 Å². The van der Waals surface area contributed by atoms with Gasteiger partial charge in [0.15, 0.2) is 0 Å². The molecule has 0 saturated carbocycles. The third-order valence-electron chi connectivity index (χ3n) is 2.85. The predicted molar refractivity (Wildman–Crippen MR) is 59.6 cm³/mol. The van der Waals surface area contributed by atoms with Gasteiger partial charge in [-0.2, -0.15) is 0 Å². The maximum Gasteiger partial charge on any atom is 0.0632 e. The predicted octanol–water partition coefficient (Wildman–Crippen LogP) is 0.953. The highest BCUT2D eigenvalue weighted by molar-refractivity contribution is 4.73. The number of likely N-dealkylation sites (N-methyl/N-ethyl adjacent to an activating group) is 1. The van der Waals surface area contributed by atoms with Crippen LogP contribution in [0.15, 0.2) is 0 Å². The maximum absolute atomic E-state index is 5.43. The van der Waals surface area contributed by atoms with Gasteiger partial charge in [0.1, 0.15) is 0 Å². The molecular formula is C11H24N2O. The van der Waals surface area contributed by atoms with E-state index >= 15 is 0 Å². The van der Waals surface area contributed by atoms with Crippen molar-refractivity contribution in [2.45, 2.75) is 26.3 Å². The number of morpholine rings is 1. The Morgan fingerprint density at radius 1 is 1.57 bits per heavy atom. The topological polar surface area (TPSA) is 24.5 Å². The highest BCUT2D eigenvalue weighted by Gasteiger charge is 2.15. The van der Waals surface area contributed by atoms with Crippen molar-refractivity contribution in [3.8, 4) is 0 Å². The molecule has 1 saturated heterocycles. The molecule has 0 radical (unpaired) electrons. The standard InChI is InChI=1S/C11H24N2O/c1-4-10(2)7-13(3)8-11-9-14-6-5-12-11/h10-12H,4-9H2,1-3H3. The summed E-state index contributed by atoms with van der Waals surface area (Å²) in [4.78, 5) is 2.40. The first-order valence-corrected chi connectivity index (χ1v) is 5.72. The smallest absolute Gasteiger partial charge is 0.0632 e. The zero-order chi connectivity index (χ0) is 10.4. The van der Waals surface area contributed by atoms with Crippen molar-refractivity contribution < 1.29 is 4.74 Å². The zero-order valence-electron chi connectivity index (χ0n) is 9.75. The van der Waals surface area contributed by atoms with E-state index in [9.17, 15) is 0 Å². The first kappa shape index (κ1) is 12.0. The van der Waals surface area contributed by atoms with E-state index < -0.39 is 0 Å². The van der Waals surface area contributed by atoms with Gasteiger partial charge in [0.2, 0.25) is 0 Å². The number of ether oxygens (including phenoxy) is 1. The summed E-state index contributed by atoms with van der Waals surface area (Å²) < 4.78 is 5.43. The summed E-state index contributed by atoms with van der Waals surface area (Å²) in [6.45, 7) is 9.58. The van der Waals surface area contributed by atoms with Crippen LogP contribution < -0.4 is 5.32 Å². The van der Waals surface area contributed by atoms with Gasteiger partial charge in [0.25, 0.3) is 0 Å². The summed E-state index contributed by atoms with van der Waals surface area (Å²) >= 11 is 0. The van der Waals surface area contributed by atoms with Crippen LogP contribution in [0.4, 0.5) is 0 Å². The summed E-state index contributed by atoms with van der Waals surface area (Å²) in [6, 6.07) is 0.526. The molecule has 1 heterocycles. The molecule has 3 nitrogen and oxygen atoms in total. The van der Waals surface area contributed by atoms with E-state index in [1.807, 2.05) is 0 Å². The van der Waals surface area contributed by atoms with Gasteiger partial charge in [-0.3, -0.25) is 0 Å². The fourth-order valence-corrected chi connectivity index (χ4v) is 1.85. The summed E-state index contributed by atoms with van der Waals surface area (Å²) in [5.41, 5.74) is 0. The van der Waals surface area contributed by atoms with Gasteiger partial charge in [-0.1, -0.05) is 20.3 Å². The fraction of sp³-hybridized carbons (Fsp3) is 1.00. The van der Waals surface area contributed by atoms with Gasteiger partial charge in [0.05, 0.1) is 13.2 Å². The van der Waals surface area contributed by atoms with Crippen molar-refractivity contribution in [2.75, 3.05) is 39.9 Å². The Kier molecular flexibility index (Phi) is 5.45. The Hall–Kier alpha value is -0.120. The average Bonchev–Trinajstić information content (AvgIpc) is 2.19. The normalized spacial score (nSPS) is 25.3. The second kappa shape index (κ2) is 6.38. The largest absolute Gasteiger partial charge is 0.378 e. The molecule has 0 aromatic heterocycles. The first-order chi connectivity index (χ1) is 6.72. The quantitative estimate of drug-likeness (QED) is 0.715. The van der Waals surface area contributed by atoms with Gasteiger partial charge in [-0.05, 0) is 13.0 Å². The van der Waals surface area contributed by atoms with Crippen molar-refractivity contribution >= 4 is 0 Å². The molecule has 0 spiro atoms. The van der Waals surface area contributed by atoms with E-state index in [2.05, 4.69) is 31.1 Å². The number of nitrogens with one attached hydrogen (secondary N) is 1. The first-order valence-electron chi connectivity index (χ1n) is 5.72. The lowest BCUT2D eigenvalue weighted by molar-refractivity contribution is 0.0637. The fourth-order valence-electron chi connectivity index (χ4n) is 1.85. The van der Waals surface area contributed by atoms with Crippen molar-refractivity contribution in [1.29, 1.82) is 0 Å². The Labute approximate surface area is 87.8 Å². The molecule has 0 aliphatic carbocycles. The van der Waals surface area contributed by atoms with Crippen molar-refractivity contribution in [3.05, 3.63) is 0 Å². The van der Waals surface area contributed by atoms with Crippen molar-refractivity contribution in [3.63, 3.8) is 0 Å². The van der Waals surface area contributed by atoms with Gasteiger partial charge in [-0.25, -0.2) is 0 Å². The molecule has 2 atom stereocenters. The van der Waals surface area contributed by atoms with Crippen LogP contribution >= 0.6 is 0 Å². The van der Waals surface area contributed by atoms with Gasteiger partial charge >= 0.3 is 0 Å². The molecule has 0 amide bonds. The van der Waals surface area contributed by atoms with E-state index in [0.717, 1.165) is 32.2 Å². The van der Waals surface area contributed by atoms with Crippen LogP contribution in [-0.2, 0) is 4.74 Å². The van der Waals surface area contributed by atoms with E-state index in [1.54, 1.807) is 0 Å². The van der Waals surface area contributed by atoms with Crippen LogP contribution in [0.1, 0.15) is 20.3 Å². The molecule has 0 aromatic rings. The van der Waals surface area contributed by atoms with Crippen LogP contribution in [0.25, 0.3) is 0 Å². The summed E-state index contributed by atoms with van der Waals surface area (Å²) in [7, 11) is 2.20. The molecule has 14 heavy (non-hydrogen) atoms. The van der Waals surface area contributed by atoms with E-state index in [1.165, 1.54) is 13.0 Å².